The Balaban J connectivity index is 1.74. The first kappa shape index (κ1) is 20.4. The highest BCUT2D eigenvalue weighted by molar-refractivity contribution is 7.92. The molecule has 9 nitrogen and oxygen atoms in total. The van der Waals surface area contributed by atoms with Gasteiger partial charge in [0.05, 0.1) is 10.6 Å². The number of rotatable bonds is 6. The Hall–Kier alpha value is -3.31. The van der Waals surface area contributed by atoms with Crippen LogP contribution in [0.1, 0.15) is 21.5 Å². The standard InChI is InChI=1S/C18H16N4O5S2/c1-11-3-8-15(12(2)9-11)21-29(26,27)16-10-28-18(19-16)20-17(23)13-4-6-14(7-5-13)22(24)25/h3-10,21H,1-2H3,(H,19,20,23). The maximum Gasteiger partial charge on any atom is 0.280 e. The number of carbonyl (C=O) groups excluding carboxylic acids is 1. The van der Waals surface area contributed by atoms with Crippen molar-refractivity contribution in [1.82, 2.24) is 4.98 Å². The molecule has 0 radical (unpaired) electrons. The summed E-state index contributed by atoms with van der Waals surface area (Å²) < 4.78 is 27.6. The minimum atomic E-state index is -3.92. The van der Waals surface area contributed by atoms with Crippen molar-refractivity contribution in [2.24, 2.45) is 0 Å². The van der Waals surface area contributed by atoms with Crippen LogP contribution in [0.5, 0.6) is 0 Å². The normalized spacial score (nSPS) is 11.1. The second-order valence-electron chi connectivity index (χ2n) is 6.17. The number of amides is 1. The van der Waals surface area contributed by atoms with Crippen LogP contribution in [0.15, 0.2) is 52.9 Å². The van der Waals surface area contributed by atoms with Gasteiger partial charge in [0.1, 0.15) is 0 Å². The van der Waals surface area contributed by atoms with Crippen LogP contribution in [-0.4, -0.2) is 24.2 Å². The van der Waals surface area contributed by atoms with Gasteiger partial charge >= 0.3 is 0 Å². The Morgan fingerprint density at radius 2 is 1.83 bits per heavy atom. The first-order chi connectivity index (χ1) is 13.7. The highest BCUT2D eigenvalue weighted by Crippen LogP contribution is 2.24. The summed E-state index contributed by atoms with van der Waals surface area (Å²) in [6, 6.07) is 10.4. The molecular formula is C18H16N4O5S2. The summed E-state index contributed by atoms with van der Waals surface area (Å²) in [6.45, 7) is 3.70. The number of hydrogen-bond donors (Lipinski definition) is 2. The van der Waals surface area contributed by atoms with Gasteiger partial charge in [-0.1, -0.05) is 17.7 Å². The fourth-order valence-electron chi connectivity index (χ4n) is 2.47. The predicted molar refractivity (Wildman–Crippen MR) is 110 cm³/mol. The molecule has 1 heterocycles. The van der Waals surface area contributed by atoms with Gasteiger partial charge in [-0.2, -0.15) is 8.42 Å². The summed E-state index contributed by atoms with van der Waals surface area (Å²) in [6.07, 6.45) is 0. The van der Waals surface area contributed by atoms with Crippen molar-refractivity contribution >= 4 is 43.8 Å². The largest absolute Gasteiger partial charge is 0.298 e. The van der Waals surface area contributed by atoms with Crippen molar-refractivity contribution < 1.29 is 18.1 Å². The lowest BCUT2D eigenvalue weighted by atomic mass is 10.1. The van der Waals surface area contributed by atoms with Gasteiger partial charge in [-0.3, -0.25) is 24.9 Å². The topological polar surface area (TPSA) is 131 Å². The van der Waals surface area contributed by atoms with Crippen LogP contribution in [0.3, 0.4) is 0 Å². The molecule has 29 heavy (non-hydrogen) atoms. The van der Waals surface area contributed by atoms with Crippen molar-refractivity contribution in [3.05, 3.63) is 74.6 Å². The quantitative estimate of drug-likeness (QED) is 0.451. The van der Waals surface area contributed by atoms with Crippen molar-refractivity contribution in [1.29, 1.82) is 0 Å². The van der Waals surface area contributed by atoms with Crippen LogP contribution < -0.4 is 10.0 Å². The Bertz CT molecular complexity index is 1190. The summed E-state index contributed by atoms with van der Waals surface area (Å²) in [7, 11) is -3.92. The zero-order valence-corrected chi connectivity index (χ0v) is 17.0. The smallest absolute Gasteiger partial charge is 0.280 e. The number of aromatic nitrogens is 1. The van der Waals surface area contributed by atoms with E-state index in [0.29, 0.717) is 5.69 Å². The summed E-state index contributed by atoms with van der Waals surface area (Å²) in [5.74, 6) is -0.555. The average Bonchev–Trinajstić information content (AvgIpc) is 3.13. The van der Waals surface area contributed by atoms with Gasteiger partial charge in [0.2, 0.25) is 0 Å². The SMILES string of the molecule is Cc1ccc(NS(=O)(=O)c2csc(NC(=O)c3ccc([N+](=O)[O-])cc3)n2)c(C)c1. The third-order valence-corrected chi connectivity index (χ3v) is 6.10. The number of nitro groups is 1. The molecule has 2 N–H and O–H groups in total. The third kappa shape index (κ3) is 4.76. The van der Waals surface area contributed by atoms with Crippen LogP contribution in [0.25, 0.3) is 0 Å². The van der Waals surface area contributed by atoms with Gasteiger partial charge in [-0.05, 0) is 37.6 Å². The van der Waals surface area contributed by atoms with E-state index in [9.17, 15) is 23.3 Å². The molecule has 3 aromatic rings. The van der Waals surface area contributed by atoms with Crippen molar-refractivity contribution in [3.63, 3.8) is 0 Å². The first-order valence-electron chi connectivity index (χ1n) is 8.27. The minimum absolute atomic E-state index is 0.0920. The molecule has 1 aromatic heterocycles. The fraction of sp³-hybridized carbons (Fsp3) is 0.111. The number of anilines is 2. The van der Waals surface area contributed by atoms with Gasteiger partial charge in [0.15, 0.2) is 10.2 Å². The van der Waals surface area contributed by atoms with Gasteiger partial charge in [-0.25, -0.2) is 4.98 Å². The monoisotopic (exact) mass is 432 g/mol. The molecule has 0 atom stereocenters. The number of hydrogen-bond acceptors (Lipinski definition) is 7. The van der Waals surface area contributed by atoms with Gasteiger partial charge < -0.3 is 0 Å². The second-order valence-corrected chi connectivity index (χ2v) is 8.66. The predicted octanol–water partition coefficient (Wildman–Crippen LogP) is 3.72. The van der Waals surface area contributed by atoms with Crippen LogP contribution in [0.4, 0.5) is 16.5 Å². The van der Waals surface area contributed by atoms with Gasteiger partial charge in [0, 0.05) is 23.1 Å². The number of benzene rings is 2. The highest BCUT2D eigenvalue weighted by Gasteiger charge is 2.20. The number of aryl methyl sites for hydroxylation is 2. The summed E-state index contributed by atoms with van der Waals surface area (Å²) in [5.41, 5.74) is 2.27. The molecule has 2 aromatic carbocycles. The van der Waals surface area contributed by atoms with Crippen LogP contribution in [0.2, 0.25) is 0 Å². The molecule has 0 unspecified atom stereocenters. The molecule has 11 heteroatoms. The second kappa shape index (κ2) is 7.97. The number of non-ortho nitro benzene ring substituents is 1. The van der Waals surface area contributed by atoms with E-state index in [-0.39, 0.29) is 21.4 Å². The molecule has 0 bridgehead atoms. The number of thiazole rings is 1. The van der Waals surface area contributed by atoms with Crippen molar-refractivity contribution in [3.8, 4) is 0 Å². The van der Waals surface area contributed by atoms with Gasteiger partial charge in [0.25, 0.3) is 21.6 Å². The lowest BCUT2D eigenvalue weighted by Crippen LogP contribution is -2.15. The van der Waals surface area contributed by atoms with Crippen molar-refractivity contribution in [2.45, 2.75) is 18.9 Å². The molecule has 0 spiro atoms. The average molecular weight is 432 g/mol. The summed E-state index contributed by atoms with van der Waals surface area (Å²) in [5, 5.41) is 14.3. The Labute approximate surface area is 170 Å². The number of carbonyl (C=O) groups is 1. The molecule has 150 valence electrons. The van der Waals surface area contributed by atoms with E-state index in [1.54, 1.807) is 19.1 Å². The number of nitrogens with one attached hydrogen (secondary N) is 2. The van der Waals surface area contributed by atoms with E-state index in [2.05, 4.69) is 15.0 Å². The van der Waals surface area contributed by atoms with E-state index in [0.717, 1.165) is 22.5 Å². The number of nitrogens with zero attached hydrogens (tertiary/aromatic N) is 2. The maximum absolute atomic E-state index is 12.6. The van der Waals surface area contributed by atoms with Gasteiger partial charge in [-0.15, -0.1) is 11.3 Å². The fourth-order valence-corrected chi connectivity index (χ4v) is 4.58. The minimum Gasteiger partial charge on any atom is -0.298 e. The molecule has 0 fully saturated rings. The van der Waals surface area contributed by atoms with E-state index in [1.807, 2.05) is 13.0 Å². The lowest BCUT2D eigenvalue weighted by Gasteiger charge is -2.09. The Morgan fingerprint density at radius 3 is 2.45 bits per heavy atom. The van der Waals surface area contributed by atoms with E-state index < -0.39 is 20.9 Å². The molecule has 0 aliphatic carbocycles. The number of nitro benzene ring substituents is 1. The molecule has 0 aliphatic heterocycles. The van der Waals surface area contributed by atoms with E-state index >= 15 is 0 Å². The van der Waals surface area contributed by atoms with E-state index in [4.69, 9.17) is 0 Å². The first-order valence-corrected chi connectivity index (χ1v) is 10.6. The van der Waals surface area contributed by atoms with Crippen LogP contribution in [-0.2, 0) is 10.0 Å². The zero-order chi connectivity index (χ0) is 21.2. The summed E-state index contributed by atoms with van der Waals surface area (Å²) >= 11 is 0.954. The Morgan fingerprint density at radius 1 is 1.14 bits per heavy atom. The van der Waals surface area contributed by atoms with Crippen LogP contribution in [0, 0.1) is 24.0 Å². The molecule has 3 rings (SSSR count). The van der Waals surface area contributed by atoms with Crippen molar-refractivity contribution in [2.75, 3.05) is 10.0 Å². The molecule has 0 saturated heterocycles. The maximum atomic E-state index is 12.6. The molecule has 1 amide bonds. The number of sulfonamides is 1. The highest BCUT2D eigenvalue weighted by atomic mass is 32.2. The zero-order valence-electron chi connectivity index (χ0n) is 15.4. The van der Waals surface area contributed by atoms with E-state index in [1.165, 1.54) is 29.6 Å². The molecule has 0 saturated carbocycles. The van der Waals surface area contributed by atoms with Crippen LogP contribution >= 0.6 is 11.3 Å². The lowest BCUT2D eigenvalue weighted by molar-refractivity contribution is -0.384. The summed E-state index contributed by atoms with van der Waals surface area (Å²) in [4.78, 5) is 26.3. The third-order valence-electron chi connectivity index (χ3n) is 3.95. The Kier molecular flexibility index (Phi) is 5.62. The molecular weight excluding hydrogens is 416 g/mol. The molecule has 0 aliphatic rings.